The number of hydrogen-bond donors (Lipinski definition) is 3. The molecule has 230 valence electrons. The van der Waals surface area contributed by atoms with Crippen molar-refractivity contribution in [1.29, 1.82) is 0 Å². The van der Waals surface area contributed by atoms with Crippen molar-refractivity contribution in [3.05, 3.63) is 142 Å². The smallest absolute Gasteiger partial charge is 0.272 e. The molecule has 0 bridgehead atoms. The monoisotopic (exact) mass is 649 g/mol. The van der Waals surface area contributed by atoms with Gasteiger partial charge in [-0.3, -0.25) is 24.5 Å². The van der Waals surface area contributed by atoms with Crippen molar-refractivity contribution in [2.75, 3.05) is 10.6 Å². The van der Waals surface area contributed by atoms with Gasteiger partial charge in [-0.1, -0.05) is 60.7 Å². The molecule has 46 heavy (non-hydrogen) atoms. The van der Waals surface area contributed by atoms with E-state index in [1.807, 2.05) is 30.3 Å². The van der Waals surface area contributed by atoms with Crippen LogP contribution in [0.15, 0.2) is 125 Å². The predicted octanol–water partition coefficient (Wildman–Crippen LogP) is 7.25. The lowest BCUT2D eigenvalue weighted by atomic mass is 10.1. The fourth-order valence-electron chi connectivity index (χ4n) is 4.18. The molecular weight excluding hydrogens is 623 g/mol. The maximum absolute atomic E-state index is 13.3. The van der Waals surface area contributed by atoms with Gasteiger partial charge in [0, 0.05) is 39.2 Å². The third-order valence-electron chi connectivity index (χ3n) is 6.52. The van der Waals surface area contributed by atoms with Gasteiger partial charge in [0.15, 0.2) is 5.13 Å². The molecule has 1 aromatic heterocycles. The van der Waals surface area contributed by atoms with Crippen LogP contribution in [0.3, 0.4) is 0 Å². The van der Waals surface area contributed by atoms with Crippen LogP contribution in [-0.4, -0.2) is 32.9 Å². The summed E-state index contributed by atoms with van der Waals surface area (Å²) in [5.41, 5.74) is 2.84. The molecule has 3 N–H and O–H groups in total. The fourth-order valence-corrected chi connectivity index (χ4v) is 5.77. The van der Waals surface area contributed by atoms with Crippen molar-refractivity contribution >= 4 is 63.4 Å². The number of benzene rings is 4. The van der Waals surface area contributed by atoms with Gasteiger partial charge >= 0.3 is 0 Å². The summed E-state index contributed by atoms with van der Waals surface area (Å²) >= 11 is 2.56. The second-order valence-electron chi connectivity index (χ2n) is 9.86. The highest BCUT2D eigenvalue weighted by molar-refractivity contribution is 8.00. The summed E-state index contributed by atoms with van der Waals surface area (Å²) < 4.78 is 0. The molecule has 0 radical (unpaired) electrons. The minimum Gasteiger partial charge on any atom is -0.321 e. The summed E-state index contributed by atoms with van der Waals surface area (Å²) in [6.07, 6.45) is 1.61. The molecule has 3 amide bonds. The molecule has 0 aliphatic carbocycles. The number of non-ortho nitro benzene ring substituents is 1. The Bertz CT molecular complexity index is 1890. The van der Waals surface area contributed by atoms with Crippen molar-refractivity contribution in [1.82, 2.24) is 10.3 Å². The number of nitro groups is 1. The van der Waals surface area contributed by atoms with Gasteiger partial charge in [-0.05, 0) is 55.0 Å². The number of nitrogens with zero attached hydrogens (tertiary/aromatic N) is 2. The van der Waals surface area contributed by atoms with Gasteiger partial charge in [0.2, 0.25) is 5.91 Å². The molecule has 0 spiro atoms. The van der Waals surface area contributed by atoms with Crippen molar-refractivity contribution < 1.29 is 19.3 Å². The molecule has 12 heteroatoms. The first-order chi connectivity index (χ1) is 22.2. The molecule has 1 heterocycles. The number of thioether (sulfide) groups is 1. The zero-order valence-corrected chi connectivity index (χ0v) is 26.0. The third-order valence-corrected chi connectivity index (χ3v) is 8.39. The Kier molecular flexibility index (Phi) is 10.3. The lowest BCUT2D eigenvalue weighted by molar-refractivity contribution is -0.384. The summed E-state index contributed by atoms with van der Waals surface area (Å²) in [5, 5.41) is 21.1. The Labute approximate surface area is 272 Å². The first kappa shape index (κ1) is 31.8. The number of aromatic nitrogens is 1. The number of nitro benzene ring substituents is 1. The number of hydrogen-bond acceptors (Lipinski definition) is 8. The van der Waals surface area contributed by atoms with Crippen LogP contribution in [0, 0.1) is 10.1 Å². The number of thiazole rings is 1. The van der Waals surface area contributed by atoms with E-state index in [1.54, 1.807) is 85.1 Å². The lowest BCUT2D eigenvalue weighted by Crippen LogP contribution is -2.30. The number of nitrogens with one attached hydrogen (secondary N) is 3. The van der Waals surface area contributed by atoms with Crippen LogP contribution in [0.2, 0.25) is 0 Å². The summed E-state index contributed by atoms with van der Waals surface area (Å²) in [6.45, 7) is 1.76. The quantitative estimate of drug-likeness (QED) is 0.0592. The summed E-state index contributed by atoms with van der Waals surface area (Å²) in [7, 11) is 0. The fraction of sp³-hybridized carbons (Fsp3) is 0.0588. The molecule has 4 aromatic carbocycles. The highest BCUT2D eigenvalue weighted by atomic mass is 32.2. The second-order valence-corrected chi connectivity index (χ2v) is 12.1. The van der Waals surface area contributed by atoms with E-state index in [0.717, 1.165) is 10.5 Å². The topological polar surface area (TPSA) is 143 Å². The standard InChI is InChI=1S/C34H27N5O5S2/c1-22(31(40)38-34-37-30(21-45-34)25-13-8-14-27(20-25)39(43)44)46-28-17-15-26(16-18-28)35-33(42)29(19-23-9-4-2-5-10-23)36-32(41)24-11-6-3-7-12-24/h2-22H,1H3,(H,35,42)(H,36,41)(H,37,38,40)/b29-19-. The van der Waals surface area contributed by atoms with Gasteiger partial charge in [0.1, 0.15) is 5.70 Å². The van der Waals surface area contributed by atoms with Crippen molar-refractivity contribution in [3.63, 3.8) is 0 Å². The highest BCUT2D eigenvalue weighted by Gasteiger charge is 2.18. The Balaban J connectivity index is 1.20. The van der Waals surface area contributed by atoms with Gasteiger partial charge in [0.05, 0.1) is 15.9 Å². The van der Waals surface area contributed by atoms with Crippen LogP contribution in [0.25, 0.3) is 17.3 Å². The molecule has 0 aliphatic heterocycles. The summed E-state index contributed by atoms with van der Waals surface area (Å²) in [5.74, 6) is -1.16. The minimum atomic E-state index is -0.491. The van der Waals surface area contributed by atoms with Crippen molar-refractivity contribution in [2.45, 2.75) is 17.1 Å². The maximum atomic E-state index is 13.3. The van der Waals surface area contributed by atoms with Crippen LogP contribution >= 0.6 is 23.1 Å². The van der Waals surface area contributed by atoms with Gasteiger partial charge in [-0.25, -0.2) is 4.98 Å². The van der Waals surface area contributed by atoms with Gasteiger partial charge in [0.25, 0.3) is 17.5 Å². The normalized spacial score (nSPS) is 11.7. The SMILES string of the molecule is CC(Sc1ccc(NC(=O)/C(=C/c2ccccc2)NC(=O)c2ccccc2)cc1)C(=O)Nc1nc(-c2cccc([N+](=O)[O-])c2)cs1. The molecule has 0 saturated heterocycles. The Morgan fingerprint density at radius 1 is 0.891 bits per heavy atom. The largest absolute Gasteiger partial charge is 0.321 e. The Hall–Kier alpha value is -5.59. The maximum Gasteiger partial charge on any atom is 0.272 e. The van der Waals surface area contributed by atoms with Crippen LogP contribution in [-0.2, 0) is 9.59 Å². The first-order valence-corrected chi connectivity index (χ1v) is 15.7. The average molecular weight is 650 g/mol. The number of rotatable bonds is 11. The Morgan fingerprint density at radius 2 is 1.59 bits per heavy atom. The Morgan fingerprint density at radius 3 is 2.28 bits per heavy atom. The second kappa shape index (κ2) is 14.9. The molecule has 5 rings (SSSR count). The first-order valence-electron chi connectivity index (χ1n) is 14.0. The highest BCUT2D eigenvalue weighted by Crippen LogP contribution is 2.29. The van der Waals surface area contributed by atoms with E-state index in [9.17, 15) is 24.5 Å². The number of anilines is 2. The van der Waals surface area contributed by atoms with Gasteiger partial charge in [-0.15, -0.1) is 23.1 Å². The minimum absolute atomic E-state index is 0.0365. The predicted molar refractivity (Wildman–Crippen MR) is 182 cm³/mol. The van der Waals surface area contributed by atoms with Crippen LogP contribution in [0.5, 0.6) is 0 Å². The van der Waals surface area contributed by atoms with Crippen LogP contribution < -0.4 is 16.0 Å². The molecule has 5 aromatic rings. The van der Waals surface area contributed by atoms with E-state index < -0.39 is 22.0 Å². The van der Waals surface area contributed by atoms with Crippen LogP contribution in [0.4, 0.5) is 16.5 Å². The number of carbonyl (C=O) groups excluding carboxylic acids is 3. The summed E-state index contributed by atoms with van der Waals surface area (Å²) in [4.78, 5) is 54.8. The average Bonchev–Trinajstić information content (AvgIpc) is 3.54. The molecule has 0 fully saturated rings. The molecule has 0 aliphatic rings. The van der Waals surface area contributed by atoms with E-state index in [4.69, 9.17) is 0 Å². The zero-order valence-electron chi connectivity index (χ0n) is 24.4. The molecule has 1 atom stereocenters. The van der Waals surface area contributed by atoms with Crippen molar-refractivity contribution in [3.8, 4) is 11.3 Å². The molecular formula is C34H27N5O5S2. The van der Waals surface area contributed by atoms with E-state index >= 15 is 0 Å². The summed E-state index contributed by atoms with van der Waals surface area (Å²) in [6, 6.07) is 31.0. The molecule has 10 nitrogen and oxygen atoms in total. The van der Waals surface area contributed by atoms with E-state index in [0.29, 0.717) is 27.6 Å². The number of amides is 3. The number of carbonyl (C=O) groups is 3. The van der Waals surface area contributed by atoms with E-state index in [2.05, 4.69) is 20.9 Å². The lowest BCUT2D eigenvalue weighted by Gasteiger charge is -2.13. The zero-order chi connectivity index (χ0) is 32.5. The third kappa shape index (κ3) is 8.52. The van der Waals surface area contributed by atoms with Gasteiger partial charge < -0.3 is 16.0 Å². The molecule has 0 saturated carbocycles. The van der Waals surface area contributed by atoms with Crippen LogP contribution in [0.1, 0.15) is 22.8 Å². The van der Waals surface area contributed by atoms with Crippen molar-refractivity contribution in [2.24, 2.45) is 0 Å². The van der Waals surface area contributed by atoms with E-state index in [1.165, 1.54) is 35.2 Å². The van der Waals surface area contributed by atoms with E-state index in [-0.39, 0.29) is 17.3 Å². The molecule has 1 unspecified atom stereocenters. The van der Waals surface area contributed by atoms with Gasteiger partial charge in [-0.2, -0.15) is 0 Å².